The fourth-order valence-electron chi connectivity index (χ4n) is 2.92. The Balaban J connectivity index is 1.57. The summed E-state index contributed by atoms with van der Waals surface area (Å²) in [6.07, 6.45) is 5.96. The average Bonchev–Trinajstić information content (AvgIpc) is 3.08. The Morgan fingerprint density at radius 2 is 1.88 bits per heavy atom. The number of benzene rings is 2. The second kappa shape index (κ2) is 6.80. The number of pyridine rings is 1. The molecule has 0 saturated carbocycles. The van der Waals surface area contributed by atoms with Gasteiger partial charge in [0.05, 0.1) is 18.1 Å². The zero-order valence-electron chi connectivity index (χ0n) is 14.4. The normalized spacial score (nSPS) is 10.8. The van der Waals surface area contributed by atoms with Crippen molar-refractivity contribution in [3.63, 3.8) is 0 Å². The van der Waals surface area contributed by atoms with Gasteiger partial charge in [-0.3, -0.25) is 14.5 Å². The van der Waals surface area contributed by atoms with Crippen LogP contribution in [-0.4, -0.2) is 20.7 Å². The number of rotatable bonds is 4. The first kappa shape index (κ1) is 16.0. The van der Waals surface area contributed by atoms with Gasteiger partial charge in [0.25, 0.3) is 0 Å². The number of nitrogens with zero attached hydrogens (tertiary/aromatic N) is 3. The van der Waals surface area contributed by atoms with E-state index in [2.05, 4.69) is 21.5 Å². The Labute approximate surface area is 151 Å². The first-order valence-corrected chi connectivity index (χ1v) is 8.40. The van der Waals surface area contributed by atoms with Gasteiger partial charge in [-0.2, -0.15) is 5.10 Å². The fourth-order valence-corrected chi connectivity index (χ4v) is 2.92. The van der Waals surface area contributed by atoms with E-state index in [1.165, 1.54) is 0 Å². The van der Waals surface area contributed by atoms with Crippen molar-refractivity contribution >= 4 is 22.5 Å². The summed E-state index contributed by atoms with van der Waals surface area (Å²) >= 11 is 0. The molecule has 26 heavy (non-hydrogen) atoms. The number of fused-ring (bicyclic) bond motifs is 1. The molecule has 1 amide bonds. The van der Waals surface area contributed by atoms with Crippen LogP contribution < -0.4 is 5.32 Å². The third-order valence-electron chi connectivity index (χ3n) is 4.21. The van der Waals surface area contributed by atoms with Gasteiger partial charge in [0.15, 0.2) is 0 Å². The number of anilines is 1. The molecule has 1 N–H and O–H groups in total. The molecule has 0 aliphatic heterocycles. The quantitative estimate of drug-likeness (QED) is 0.613. The molecule has 0 radical (unpaired) electrons. The number of hydrogen-bond acceptors (Lipinski definition) is 3. The molecular formula is C21H18N4O. The molecule has 0 saturated heterocycles. The molecule has 2 aromatic carbocycles. The molecule has 2 heterocycles. The average molecular weight is 342 g/mol. The van der Waals surface area contributed by atoms with Crippen molar-refractivity contribution in [3.8, 4) is 11.1 Å². The third-order valence-corrected chi connectivity index (χ3v) is 4.21. The lowest BCUT2D eigenvalue weighted by Gasteiger charge is -2.07. The third kappa shape index (κ3) is 3.47. The van der Waals surface area contributed by atoms with E-state index >= 15 is 0 Å². The molecule has 5 nitrogen and oxygen atoms in total. The van der Waals surface area contributed by atoms with Crippen molar-refractivity contribution in [2.24, 2.45) is 7.05 Å². The van der Waals surface area contributed by atoms with Crippen LogP contribution in [0.3, 0.4) is 0 Å². The Morgan fingerprint density at radius 1 is 1.04 bits per heavy atom. The molecule has 128 valence electrons. The summed E-state index contributed by atoms with van der Waals surface area (Å²) in [5.74, 6) is -0.0353. The van der Waals surface area contributed by atoms with Gasteiger partial charge >= 0.3 is 0 Å². The minimum absolute atomic E-state index is 0.0353. The minimum Gasteiger partial charge on any atom is -0.326 e. The zero-order valence-corrected chi connectivity index (χ0v) is 14.4. The molecule has 0 unspecified atom stereocenters. The molecule has 0 fully saturated rings. The van der Waals surface area contributed by atoms with Gasteiger partial charge in [-0.1, -0.05) is 30.3 Å². The summed E-state index contributed by atoms with van der Waals surface area (Å²) in [6.45, 7) is 0. The number of carbonyl (C=O) groups excluding carboxylic acids is 1. The monoisotopic (exact) mass is 342 g/mol. The largest absolute Gasteiger partial charge is 0.326 e. The maximum Gasteiger partial charge on any atom is 0.228 e. The predicted molar refractivity (Wildman–Crippen MR) is 103 cm³/mol. The van der Waals surface area contributed by atoms with Crippen LogP contribution in [0, 0.1) is 0 Å². The van der Waals surface area contributed by atoms with Crippen molar-refractivity contribution in [1.82, 2.24) is 14.8 Å². The van der Waals surface area contributed by atoms with Crippen LogP contribution >= 0.6 is 0 Å². The van der Waals surface area contributed by atoms with Gasteiger partial charge in [-0.15, -0.1) is 0 Å². The number of nitrogens with one attached hydrogen (secondary N) is 1. The van der Waals surface area contributed by atoms with Gasteiger partial charge in [-0.05, 0) is 29.8 Å². The highest BCUT2D eigenvalue weighted by molar-refractivity contribution is 5.95. The van der Waals surface area contributed by atoms with Crippen LogP contribution in [-0.2, 0) is 18.3 Å². The van der Waals surface area contributed by atoms with E-state index in [1.807, 2.05) is 74.2 Å². The first-order valence-electron chi connectivity index (χ1n) is 8.40. The predicted octanol–water partition coefficient (Wildman–Crippen LogP) is 3.82. The molecule has 5 heteroatoms. The molecule has 2 aromatic heterocycles. The van der Waals surface area contributed by atoms with Crippen LogP contribution in [0.4, 0.5) is 5.69 Å². The number of amides is 1. The molecular weight excluding hydrogens is 324 g/mol. The summed E-state index contributed by atoms with van der Waals surface area (Å²) in [7, 11) is 1.89. The van der Waals surface area contributed by atoms with Gasteiger partial charge < -0.3 is 5.32 Å². The van der Waals surface area contributed by atoms with Crippen LogP contribution in [0.1, 0.15) is 5.56 Å². The second-order valence-corrected chi connectivity index (χ2v) is 6.24. The van der Waals surface area contributed by atoms with Crippen LogP contribution in [0.15, 0.2) is 73.2 Å². The number of hydrogen-bond donors (Lipinski definition) is 1. The molecule has 0 bridgehead atoms. The Bertz CT molecular complexity index is 1070. The lowest BCUT2D eigenvalue weighted by Crippen LogP contribution is -2.14. The van der Waals surface area contributed by atoms with E-state index in [4.69, 9.17) is 0 Å². The standard InChI is InChI=1S/C21H18N4O/c1-25-14-18(13-23-25)17-10-16-11-19(7-8-20(16)22-12-17)24-21(26)9-15-5-3-2-4-6-15/h2-8,10-14H,9H2,1H3,(H,24,26). The highest BCUT2D eigenvalue weighted by atomic mass is 16.1. The van der Waals surface area contributed by atoms with E-state index in [-0.39, 0.29) is 5.91 Å². The molecule has 0 aliphatic carbocycles. The smallest absolute Gasteiger partial charge is 0.228 e. The van der Waals surface area contributed by atoms with Crippen LogP contribution in [0.2, 0.25) is 0 Å². The van der Waals surface area contributed by atoms with Crippen LogP contribution in [0.5, 0.6) is 0 Å². The maximum absolute atomic E-state index is 12.3. The topological polar surface area (TPSA) is 59.8 Å². The summed E-state index contributed by atoms with van der Waals surface area (Å²) in [6, 6.07) is 17.5. The first-order chi connectivity index (χ1) is 12.7. The van der Waals surface area contributed by atoms with E-state index in [1.54, 1.807) is 4.68 Å². The van der Waals surface area contributed by atoms with E-state index in [0.29, 0.717) is 6.42 Å². The minimum atomic E-state index is -0.0353. The molecule has 4 rings (SSSR count). The SMILES string of the molecule is Cn1cc(-c2cnc3ccc(NC(=O)Cc4ccccc4)cc3c2)cn1. The highest BCUT2D eigenvalue weighted by Gasteiger charge is 2.07. The fraction of sp³-hybridized carbons (Fsp3) is 0.0952. The Kier molecular flexibility index (Phi) is 4.19. The van der Waals surface area contributed by atoms with Crippen molar-refractivity contribution in [2.75, 3.05) is 5.32 Å². The van der Waals surface area contributed by atoms with Gasteiger partial charge in [0.1, 0.15) is 0 Å². The van der Waals surface area contributed by atoms with E-state index < -0.39 is 0 Å². The van der Waals surface area contributed by atoms with Crippen LogP contribution in [0.25, 0.3) is 22.0 Å². The molecule has 0 spiro atoms. The zero-order chi connectivity index (χ0) is 17.9. The summed E-state index contributed by atoms with van der Waals surface area (Å²) in [5.41, 5.74) is 4.66. The van der Waals surface area contributed by atoms with Gasteiger partial charge in [-0.25, -0.2) is 0 Å². The highest BCUT2D eigenvalue weighted by Crippen LogP contribution is 2.24. The maximum atomic E-state index is 12.3. The van der Waals surface area contributed by atoms with E-state index in [0.717, 1.165) is 33.3 Å². The second-order valence-electron chi connectivity index (χ2n) is 6.24. The van der Waals surface area contributed by atoms with Crippen molar-refractivity contribution in [2.45, 2.75) is 6.42 Å². The van der Waals surface area contributed by atoms with Gasteiger partial charge in [0.2, 0.25) is 5.91 Å². The summed E-state index contributed by atoms with van der Waals surface area (Å²) in [4.78, 5) is 16.8. The van der Waals surface area contributed by atoms with Gasteiger partial charge in [0, 0.05) is 41.6 Å². The van der Waals surface area contributed by atoms with E-state index in [9.17, 15) is 4.79 Å². The van der Waals surface area contributed by atoms with Crippen molar-refractivity contribution in [1.29, 1.82) is 0 Å². The molecule has 0 atom stereocenters. The Morgan fingerprint density at radius 3 is 2.65 bits per heavy atom. The summed E-state index contributed by atoms with van der Waals surface area (Å²) in [5, 5.41) is 8.14. The van der Waals surface area contributed by atoms with Crippen molar-refractivity contribution < 1.29 is 4.79 Å². The molecule has 0 aliphatic rings. The number of carbonyl (C=O) groups is 1. The molecule has 4 aromatic rings. The number of aryl methyl sites for hydroxylation is 1. The lowest BCUT2D eigenvalue weighted by molar-refractivity contribution is -0.115. The summed E-state index contributed by atoms with van der Waals surface area (Å²) < 4.78 is 1.76. The lowest BCUT2D eigenvalue weighted by atomic mass is 10.1. The van der Waals surface area contributed by atoms with Crippen molar-refractivity contribution in [3.05, 3.63) is 78.8 Å². The Hall–Kier alpha value is -3.47. The number of aromatic nitrogens is 3.